The normalized spacial score (nSPS) is 15.2. The number of ether oxygens (including phenoxy) is 2. The van der Waals surface area contributed by atoms with Crippen LogP contribution in [0.3, 0.4) is 0 Å². The van der Waals surface area contributed by atoms with Gasteiger partial charge in [0, 0.05) is 42.1 Å². The lowest BCUT2D eigenvalue weighted by atomic mass is 10.1. The quantitative estimate of drug-likeness (QED) is 0.752. The summed E-state index contributed by atoms with van der Waals surface area (Å²) in [5.74, 6) is 1.40. The van der Waals surface area contributed by atoms with Crippen LogP contribution in [0.1, 0.15) is 28.9 Å². The van der Waals surface area contributed by atoms with Crippen LogP contribution in [0.5, 0.6) is 11.5 Å². The van der Waals surface area contributed by atoms with Crippen LogP contribution in [0.25, 0.3) is 11.0 Å². The van der Waals surface area contributed by atoms with Crippen molar-refractivity contribution in [3.63, 3.8) is 0 Å². The molecule has 0 spiro atoms. The lowest BCUT2D eigenvalue weighted by Crippen LogP contribution is -2.28. The maximum absolute atomic E-state index is 13.1. The minimum atomic E-state index is -0.00396. The number of nitrogens with one attached hydrogen (secondary N) is 1. The van der Waals surface area contributed by atoms with Gasteiger partial charge in [0.15, 0.2) is 17.1 Å². The van der Waals surface area contributed by atoms with Gasteiger partial charge < -0.3 is 19.7 Å². The molecule has 28 heavy (non-hydrogen) atoms. The van der Waals surface area contributed by atoms with Crippen LogP contribution in [-0.2, 0) is 0 Å². The number of nitrogens with zero attached hydrogens (tertiary/aromatic N) is 3. The van der Waals surface area contributed by atoms with Gasteiger partial charge >= 0.3 is 0 Å². The third-order valence-electron chi connectivity index (χ3n) is 5.13. The van der Waals surface area contributed by atoms with Crippen molar-refractivity contribution in [2.24, 2.45) is 0 Å². The second-order valence-corrected chi connectivity index (χ2v) is 7.06. The summed E-state index contributed by atoms with van der Waals surface area (Å²) in [6.45, 7) is 3.72. The molecule has 3 aromatic rings. The van der Waals surface area contributed by atoms with Crippen LogP contribution in [0, 0.1) is 6.92 Å². The molecule has 0 unspecified atom stereocenters. The molecule has 2 aliphatic heterocycles. The van der Waals surface area contributed by atoms with Crippen LogP contribution in [0.4, 0.5) is 11.4 Å². The highest BCUT2D eigenvalue weighted by molar-refractivity contribution is 6.07. The number of hydrogen-bond acceptors (Lipinski definition) is 6. The molecule has 0 bridgehead atoms. The smallest absolute Gasteiger partial charge is 0.257 e. The minimum absolute atomic E-state index is 0.00396. The number of carbonyl (C=O) groups excluding carboxylic acids is 1. The first-order valence-electron chi connectivity index (χ1n) is 9.41. The zero-order chi connectivity index (χ0) is 19.1. The predicted octanol–water partition coefficient (Wildman–Crippen LogP) is 3.65. The van der Waals surface area contributed by atoms with Crippen molar-refractivity contribution in [1.82, 2.24) is 14.9 Å². The number of anilines is 2. The lowest BCUT2D eigenvalue weighted by molar-refractivity contribution is 0.0793. The van der Waals surface area contributed by atoms with E-state index in [-0.39, 0.29) is 12.7 Å². The Kier molecular flexibility index (Phi) is 4.00. The zero-order valence-electron chi connectivity index (χ0n) is 15.6. The molecule has 1 fully saturated rings. The molecule has 0 atom stereocenters. The number of carbonyl (C=O) groups is 1. The molecule has 0 aliphatic carbocycles. The number of hydrogen-bond donors (Lipinski definition) is 1. The van der Waals surface area contributed by atoms with E-state index >= 15 is 0 Å². The second kappa shape index (κ2) is 6.67. The fourth-order valence-electron chi connectivity index (χ4n) is 3.68. The van der Waals surface area contributed by atoms with Crippen molar-refractivity contribution in [1.29, 1.82) is 0 Å². The van der Waals surface area contributed by atoms with Gasteiger partial charge in [-0.05, 0) is 44.0 Å². The second-order valence-electron chi connectivity index (χ2n) is 7.06. The van der Waals surface area contributed by atoms with Gasteiger partial charge in [0.1, 0.15) is 0 Å². The Morgan fingerprint density at radius 2 is 1.93 bits per heavy atom. The van der Waals surface area contributed by atoms with E-state index in [1.54, 1.807) is 6.20 Å². The average Bonchev–Trinajstić information content (AvgIpc) is 3.39. The molecule has 2 aromatic heterocycles. The standard InChI is InChI=1S/C21H20N4O3/c1-13-4-6-15-19(24-14-5-7-17-18(10-14)28-12-27-17)16(11-22-20(15)23-13)21(26)25-8-2-3-9-25/h4-7,10-11H,2-3,8-9,12H2,1H3,(H,22,23,24). The van der Waals surface area contributed by atoms with Gasteiger partial charge in [-0.3, -0.25) is 4.79 Å². The Balaban J connectivity index is 1.61. The summed E-state index contributed by atoms with van der Waals surface area (Å²) in [4.78, 5) is 24.0. The van der Waals surface area contributed by atoms with E-state index in [0.29, 0.717) is 22.6 Å². The van der Waals surface area contributed by atoms with E-state index in [4.69, 9.17) is 9.47 Å². The van der Waals surface area contributed by atoms with E-state index in [2.05, 4.69) is 15.3 Å². The number of aromatic nitrogens is 2. The number of pyridine rings is 2. The summed E-state index contributed by atoms with van der Waals surface area (Å²) in [5, 5.41) is 4.22. The van der Waals surface area contributed by atoms with Crippen molar-refractivity contribution >= 4 is 28.3 Å². The zero-order valence-corrected chi connectivity index (χ0v) is 15.6. The molecule has 1 amide bonds. The Morgan fingerprint density at radius 1 is 1.11 bits per heavy atom. The van der Waals surface area contributed by atoms with E-state index in [1.165, 1.54) is 0 Å². The number of likely N-dealkylation sites (tertiary alicyclic amines) is 1. The van der Waals surface area contributed by atoms with Gasteiger partial charge in [0.25, 0.3) is 5.91 Å². The molecule has 142 valence electrons. The first-order valence-corrected chi connectivity index (χ1v) is 9.41. The molecule has 1 N–H and O–H groups in total. The van der Waals surface area contributed by atoms with E-state index in [0.717, 1.165) is 48.4 Å². The molecule has 7 nitrogen and oxygen atoms in total. The molecule has 7 heteroatoms. The van der Waals surface area contributed by atoms with E-state index in [9.17, 15) is 4.79 Å². The van der Waals surface area contributed by atoms with Crippen molar-refractivity contribution < 1.29 is 14.3 Å². The first kappa shape index (κ1) is 16.8. The van der Waals surface area contributed by atoms with Crippen LogP contribution in [0.2, 0.25) is 0 Å². The van der Waals surface area contributed by atoms with Crippen molar-refractivity contribution in [3.8, 4) is 11.5 Å². The van der Waals surface area contributed by atoms with E-state index in [1.807, 2.05) is 42.2 Å². The number of rotatable bonds is 3. The number of amides is 1. The van der Waals surface area contributed by atoms with Crippen LogP contribution < -0.4 is 14.8 Å². The molecule has 2 aliphatic rings. The SMILES string of the molecule is Cc1ccc2c(Nc3ccc4c(c3)OCO4)c(C(=O)N3CCCC3)cnc2n1. The third kappa shape index (κ3) is 2.89. The van der Waals surface area contributed by atoms with Crippen LogP contribution in [0.15, 0.2) is 36.5 Å². The van der Waals surface area contributed by atoms with Gasteiger partial charge in [-0.25, -0.2) is 9.97 Å². The number of fused-ring (bicyclic) bond motifs is 2. The van der Waals surface area contributed by atoms with Gasteiger partial charge in [-0.1, -0.05) is 0 Å². The minimum Gasteiger partial charge on any atom is -0.454 e. The summed E-state index contributed by atoms with van der Waals surface area (Å²) < 4.78 is 10.9. The highest BCUT2D eigenvalue weighted by Crippen LogP contribution is 2.37. The number of benzene rings is 1. The summed E-state index contributed by atoms with van der Waals surface area (Å²) in [5.41, 5.74) is 3.58. The highest BCUT2D eigenvalue weighted by Gasteiger charge is 2.24. The topological polar surface area (TPSA) is 76.6 Å². The molecule has 1 saturated heterocycles. The Labute approximate surface area is 162 Å². The molecular weight excluding hydrogens is 356 g/mol. The predicted molar refractivity (Wildman–Crippen MR) is 105 cm³/mol. The fourth-order valence-corrected chi connectivity index (χ4v) is 3.68. The fraction of sp³-hybridized carbons (Fsp3) is 0.286. The molecule has 1 aromatic carbocycles. The molecule has 4 heterocycles. The maximum atomic E-state index is 13.1. The van der Waals surface area contributed by atoms with Gasteiger partial charge in [-0.15, -0.1) is 0 Å². The third-order valence-corrected chi connectivity index (χ3v) is 5.13. The molecule has 5 rings (SSSR count). The number of aryl methyl sites for hydroxylation is 1. The first-order chi connectivity index (χ1) is 13.7. The van der Waals surface area contributed by atoms with Crippen molar-refractivity contribution in [2.45, 2.75) is 19.8 Å². The summed E-state index contributed by atoms with van der Waals surface area (Å²) in [7, 11) is 0. The molecular formula is C21H20N4O3. The maximum Gasteiger partial charge on any atom is 0.257 e. The highest BCUT2D eigenvalue weighted by atomic mass is 16.7. The summed E-state index contributed by atoms with van der Waals surface area (Å²) >= 11 is 0. The van der Waals surface area contributed by atoms with Gasteiger partial charge in [-0.2, -0.15) is 0 Å². The van der Waals surface area contributed by atoms with E-state index < -0.39 is 0 Å². The summed E-state index contributed by atoms with van der Waals surface area (Å²) in [6.07, 6.45) is 3.71. The Hall–Kier alpha value is -3.35. The van der Waals surface area contributed by atoms with Gasteiger partial charge in [0.05, 0.1) is 11.3 Å². The summed E-state index contributed by atoms with van der Waals surface area (Å²) in [6, 6.07) is 9.53. The van der Waals surface area contributed by atoms with Crippen LogP contribution >= 0.6 is 0 Å². The largest absolute Gasteiger partial charge is 0.454 e. The molecule has 0 saturated carbocycles. The molecule has 0 radical (unpaired) electrons. The van der Waals surface area contributed by atoms with Gasteiger partial charge in [0.2, 0.25) is 6.79 Å². The van der Waals surface area contributed by atoms with Crippen molar-refractivity contribution in [3.05, 3.63) is 47.8 Å². The Morgan fingerprint density at radius 3 is 2.79 bits per heavy atom. The Bertz CT molecular complexity index is 1080. The average molecular weight is 376 g/mol. The van der Waals surface area contributed by atoms with Crippen LogP contribution in [-0.4, -0.2) is 40.7 Å². The lowest BCUT2D eigenvalue weighted by Gasteiger charge is -2.19. The van der Waals surface area contributed by atoms with Crippen molar-refractivity contribution in [2.75, 3.05) is 25.2 Å². The monoisotopic (exact) mass is 376 g/mol.